The van der Waals surface area contributed by atoms with E-state index in [9.17, 15) is 43.2 Å². The minimum atomic E-state index is -4.95. The third kappa shape index (κ3) is 64.6. The van der Waals surface area contributed by atoms with Gasteiger partial charge in [0.2, 0.25) is 0 Å². The van der Waals surface area contributed by atoms with E-state index in [1.165, 1.54) is 173 Å². The summed E-state index contributed by atoms with van der Waals surface area (Å²) in [5, 5.41) is 10.6. The standard InChI is InChI=1S/C70H136O17P2/c1-6-9-12-15-18-20-22-24-25-26-27-28-29-30-32-34-36-39-45-50-55-69(74)86-65(60-81-68(73)54-49-44-38-35-33-31-23-21-19-16-13-10-7-2)61-84-88(76,77)82-57-64(71)58-83-89(78,79)85-62-66(59-80-67(72)53-48-43-37-17-14-11-8-3)87-70(75)56-51-46-41-40-42-47-52-63(4)5/h63-66,71H,6-62H2,1-5H3,(H,76,77)(H,78,79)/t64-,65-,66-/m1/s1. The average molecular weight is 1310 g/mol. The molecule has 0 amide bonds. The van der Waals surface area contributed by atoms with Gasteiger partial charge in [-0.15, -0.1) is 0 Å². The number of ether oxygens (including phenoxy) is 4. The molecule has 0 aliphatic carbocycles. The van der Waals surface area contributed by atoms with E-state index < -0.39 is 97.5 Å². The molecule has 2 unspecified atom stereocenters. The summed E-state index contributed by atoms with van der Waals surface area (Å²) in [6.07, 6.45) is 50.4. The molecular formula is C70H136O17P2. The number of aliphatic hydroxyl groups is 1. The molecule has 5 atom stereocenters. The van der Waals surface area contributed by atoms with Crippen molar-refractivity contribution in [3.05, 3.63) is 0 Å². The topological polar surface area (TPSA) is 237 Å². The second-order valence-corrected chi connectivity index (χ2v) is 28.7. The van der Waals surface area contributed by atoms with Gasteiger partial charge in [0.05, 0.1) is 26.4 Å². The fourth-order valence-electron chi connectivity index (χ4n) is 10.6. The smallest absolute Gasteiger partial charge is 0.462 e. The van der Waals surface area contributed by atoms with Crippen LogP contribution < -0.4 is 0 Å². The van der Waals surface area contributed by atoms with Gasteiger partial charge < -0.3 is 33.8 Å². The van der Waals surface area contributed by atoms with Crippen molar-refractivity contribution in [3.8, 4) is 0 Å². The van der Waals surface area contributed by atoms with Gasteiger partial charge in [0.15, 0.2) is 12.2 Å². The highest BCUT2D eigenvalue weighted by molar-refractivity contribution is 7.47. The molecule has 19 heteroatoms. The number of hydrogen-bond acceptors (Lipinski definition) is 15. The predicted octanol–water partition coefficient (Wildman–Crippen LogP) is 20.1. The summed E-state index contributed by atoms with van der Waals surface area (Å²) in [6, 6.07) is 0. The Morgan fingerprint density at radius 1 is 0.303 bits per heavy atom. The number of unbranched alkanes of at least 4 members (excludes halogenated alkanes) is 42. The highest BCUT2D eigenvalue weighted by atomic mass is 31.2. The van der Waals surface area contributed by atoms with Gasteiger partial charge >= 0.3 is 39.5 Å². The Bertz CT molecular complexity index is 1720. The van der Waals surface area contributed by atoms with E-state index in [-0.39, 0.29) is 25.7 Å². The maximum Gasteiger partial charge on any atom is 0.472 e. The lowest BCUT2D eigenvalue weighted by molar-refractivity contribution is -0.161. The van der Waals surface area contributed by atoms with Crippen molar-refractivity contribution in [1.29, 1.82) is 0 Å². The molecule has 0 aromatic rings. The normalized spacial score (nSPS) is 14.1. The molecule has 17 nitrogen and oxygen atoms in total. The summed E-state index contributed by atoms with van der Waals surface area (Å²) in [5.74, 6) is -1.46. The Balaban J connectivity index is 5.15. The first kappa shape index (κ1) is 87.1. The zero-order chi connectivity index (χ0) is 65.6. The third-order valence-corrected chi connectivity index (χ3v) is 18.2. The molecule has 0 fully saturated rings. The predicted molar refractivity (Wildman–Crippen MR) is 358 cm³/mol. The SMILES string of the molecule is CCCCCCCCCCCCCCCCCCCCCCC(=O)O[C@H](COC(=O)CCCCCCCCCCCCCCC)COP(=O)(O)OC[C@@H](O)COP(=O)(O)OC[C@@H](COC(=O)CCCCCCCCC)OC(=O)CCCCCCCCC(C)C. The first-order valence-electron chi connectivity index (χ1n) is 36.6. The van der Waals surface area contributed by atoms with Crippen LogP contribution in [0.2, 0.25) is 0 Å². The molecule has 0 rings (SSSR count). The van der Waals surface area contributed by atoms with Gasteiger partial charge in [-0.1, -0.05) is 311 Å². The number of carbonyl (C=O) groups excluding carboxylic acids is 4. The minimum Gasteiger partial charge on any atom is -0.462 e. The first-order chi connectivity index (χ1) is 43.0. The Hall–Kier alpha value is -1.94. The van der Waals surface area contributed by atoms with E-state index in [2.05, 4.69) is 34.6 Å². The van der Waals surface area contributed by atoms with Crippen LogP contribution in [-0.2, 0) is 65.4 Å². The first-order valence-corrected chi connectivity index (χ1v) is 39.6. The number of hydrogen-bond donors (Lipinski definition) is 3. The van der Waals surface area contributed by atoms with E-state index in [4.69, 9.17) is 37.0 Å². The van der Waals surface area contributed by atoms with Crippen LogP contribution in [0.4, 0.5) is 0 Å². The van der Waals surface area contributed by atoms with Crippen LogP contribution in [0.5, 0.6) is 0 Å². The average Bonchev–Trinajstić information content (AvgIpc) is 3.72. The van der Waals surface area contributed by atoms with Crippen molar-refractivity contribution in [1.82, 2.24) is 0 Å². The van der Waals surface area contributed by atoms with Crippen molar-refractivity contribution in [2.75, 3.05) is 39.6 Å². The Morgan fingerprint density at radius 2 is 0.517 bits per heavy atom. The molecule has 528 valence electrons. The molecule has 0 saturated carbocycles. The Morgan fingerprint density at radius 3 is 0.764 bits per heavy atom. The number of esters is 4. The van der Waals surface area contributed by atoms with Gasteiger partial charge in [-0.25, -0.2) is 9.13 Å². The molecule has 0 aliphatic rings. The quantitative estimate of drug-likeness (QED) is 0.0222. The van der Waals surface area contributed by atoms with Crippen molar-refractivity contribution >= 4 is 39.5 Å². The fourth-order valence-corrected chi connectivity index (χ4v) is 12.2. The maximum absolute atomic E-state index is 13.0. The second-order valence-electron chi connectivity index (χ2n) is 25.7. The lowest BCUT2D eigenvalue weighted by Gasteiger charge is -2.21. The monoisotopic (exact) mass is 1310 g/mol. The summed E-state index contributed by atoms with van der Waals surface area (Å²) < 4.78 is 68.1. The number of aliphatic hydroxyl groups excluding tert-OH is 1. The molecule has 0 heterocycles. The molecule has 89 heavy (non-hydrogen) atoms. The summed E-state index contributed by atoms with van der Waals surface area (Å²) in [6.45, 7) is 7.11. The van der Waals surface area contributed by atoms with Gasteiger partial charge in [-0.2, -0.15) is 0 Å². The molecule has 0 aromatic heterocycles. The summed E-state index contributed by atoms with van der Waals surface area (Å²) >= 11 is 0. The van der Waals surface area contributed by atoms with Crippen LogP contribution >= 0.6 is 15.6 Å². The minimum absolute atomic E-state index is 0.102. The van der Waals surface area contributed by atoms with Crippen LogP contribution in [-0.4, -0.2) is 96.7 Å². The fraction of sp³-hybridized carbons (Fsp3) is 0.943. The third-order valence-electron chi connectivity index (χ3n) is 16.3. The molecule has 3 N–H and O–H groups in total. The van der Waals surface area contributed by atoms with Crippen LogP contribution in [0.25, 0.3) is 0 Å². The molecule has 0 aromatic carbocycles. The van der Waals surface area contributed by atoms with Crippen LogP contribution in [0.15, 0.2) is 0 Å². The van der Waals surface area contributed by atoms with E-state index >= 15 is 0 Å². The highest BCUT2D eigenvalue weighted by Gasteiger charge is 2.30. The number of carbonyl (C=O) groups is 4. The van der Waals surface area contributed by atoms with Gasteiger partial charge in [0, 0.05) is 25.7 Å². The van der Waals surface area contributed by atoms with E-state index in [0.29, 0.717) is 31.6 Å². The van der Waals surface area contributed by atoms with Crippen LogP contribution in [0, 0.1) is 5.92 Å². The highest BCUT2D eigenvalue weighted by Crippen LogP contribution is 2.45. The van der Waals surface area contributed by atoms with E-state index in [1.807, 2.05) is 0 Å². The molecule has 0 spiro atoms. The van der Waals surface area contributed by atoms with Gasteiger partial charge in [-0.3, -0.25) is 37.3 Å². The molecule has 0 bridgehead atoms. The van der Waals surface area contributed by atoms with Crippen molar-refractivity contribution in [3.63, 3.8) is 0 Å². The molecule has 0 radical (unpaired) electrons. The van der Waals surface area contributed by atoms with Crippen molar-refractivity contribution in [2.45, 2.75) is 380 Å². The zero-order valence-electron chi connectivity index (χ0n) is 57.6. The van der Waals surface area contributed by atoms with Crippen molar-refractivity contribution < 1.29 is 80.2 Å². The van der Waals surface area contributed by atoms with Crippen LogP contribution in [0.1, 0.15) is 362 Å². The molecule has 0 saturated heterocycles. The Kier molecular flexibility index (Phi) is 62.1. The van der Waals surface area contributed by atoms with Gasteiger partial charge in [0.1, 0.15) is 19.3 Å². The molecular weight excluding hydrogens is 1170 g/mol. The summed E-state index contributed by atoms with van der Waals surface area (Å²) in [4.78, 5) is 72.3. The van der Waals surface area contributed by atoms with Crippen LogP contribution in [0.3, 0.4) is 0 Å². The van der Waals surface area contributed by atoms with Gasteiger partial charge in [-0.05, 0) is 31.6 Å². The Labute approximate surface area is 543 Å². The van der Waals surface area contributed by atoms with E-state index in [1.54, 1.807) is 0 Å². The number of rotatable bonds is 70. The zero-order valence-corrected chi connectivity index (χ0v) is 59.4. The van der Waals surface area contributed by atoms with E-state index in [0.717, 1.165) is 103 Å². The lowest BCUT2D eigenvalue weighted by atomic mass is 10.0. The number of phosphoric acid groups is 2. The summed E-state index contributed by atoms with van der Waals surface area (Å²) in [5.41, 5.74) is 0. The number of phosphoric ester groups is 2. The lowest BCUT2D eigenvalue weighted by Crippen LogP contribution is -2.30. The largest absolute Gasteiger partial charge is 0.472 e. The van der Waals surface area contributed by atoms with Gasteiger partial charge in [0.25, 0.3) is 0 Å². The van der Waals surface area contributed by atoms with Crippen molar-refractivity contribution in [2.24, 2.45) is 5.92 Å². The maximum atomic E-state index is 13.0. The summed E-state index contributed by atoms with van der Waals surface area (Å²) in [7, 11) is -9.89. The molecule has 0 aliphatic heterocycles. The second kappa shape index (κ2) is 63.5.